The van der Waals surface area contributed by atoms with Crippen LogP contribution in [0.15, 0.2) is 24.3 Å². The Morgan fingerprint density at radius 1 is 1.47 bits per heavy atom. The van der Waals surface area contributed by atoms with Crippen molar-refractivity contribution in [2.75, 3.05) is 12.9 Å². The van der Waals surface area contributed by atoms with Gasteiger partial charge in [0.2, 0.25) is 0 Å². The number of rotatable bonds is 5. The topological polar surface area (TPSA) is 60.4 Å². The lowest BCUT2D eigenvalue weighted by atomic mass is 10.1. The summed E-state index contributed by atoms with van der Waals surface area (Å²) in [7, 11) is -2.15. The maximum atomic E-state index is 12.0. The summed E-state index contributed by atoms with van der Waals surface area (Å²) in [6, 6.07) is 6.79. The number of hydrogen-bond acceptors (Lipinski definition) is 4. The molecule has 0 aliphatic carbocycles. The summed E-state index contributed by atoms with van der Waals surface area (Å²) in [5, 5.41) is 0. The predicted molar refractivity (Wildman–Crippen MR) is 73.0 cm³/mol. The Morgan fingerprint density at radius 3 is 2.74 bits per heavy atom. The quantitative estimate of drug-likeness (QED) is 0.604. The monoisotopic (exact) mass is 280 g/mol. The molecule has 0 saturated carbocycles. The fourth-order valence-corrected chi connectivity index (χ4v) is 3.42. The standard InChI is InChI=1S/C14H16O4S/c1-4-12-6-5-7-13(8-12)10-19(16,17)9-11(2)14(15)18-3/h1,5-8,11H,9-10H2,2-3H3. The summed E-state index contributed by atoms with van der Waals surface area (Å²) in [6.07, 6.45) is 5.26. The van der Waals surface area contributed by atoms with E-state index < -0.39 is 21.7 Å². The van der Waals surface area contributed by atoms with Gasteiger partial charge in [0, 0.05) is 5.56 Å². The van der Waals surface area contributed by atoms with E-state index in [-0.39, 0.29) is 11.5 Å². The van der Waals surface area contributed by atoms with E-state index >= 15 is 0 Å². The van der Waals surface area contributed by atoms with Crippen LogP contribution in [0.2, 0.25) is 0 Å². The molecule has 4 nitrogen and oxygen atoms in total. The van der Waals surface area contributed by atoms with Gasteiger partial charge >= 0.3 is 5.97 Å². The third kappa shape index (κ3) is 4.76. The van der Waals surface area contributed by atoms with Crippen LogP contribution in [0.1, 0.15) is 18.1 Å². The largest absolute Gasteiger partial charge is 0.469 e. The Bertz CT molecular complexity index is 596. The van der Waals surface area contributed by atoms with Crippen molar-refractivity contribution in [2.45, 2.75) is 12.7 Å². The van der Waals surface area contributed by atoms with Gasteiger partial charge in [0.25, 0.3) is 0 Å². The van der Waals surface area contributed by atoms with E-state index in [2.05, 4.69) is 10.7 Å². The molecule has 1 aromatic rings. The van der Waals surface area contributed by atoms with Gasteiger partial charge in [-0.05, 0) is 17.7 Å². The first-order valence-electron chi connectivity index (χ1n) is 5.72. The van der Waals surface area contributed by atoms with Crippen LogP contribution < -0.4 is 0 Å². The molecule has 0 N–H and O–H groups in total. The third-order valence-electron chi connectivity index (χ3n) is 2.59. The Kier molecular flexibility index (Phi) is 5.13. The molecule has 0 fully saturated rings. The minimum atomic E-state index is -3.38. The van der Waals surface area contributed by atoms with Crippen molar-refractivity contribution in [3.8, 4) is 12.3 Å². The first-order valence-corrected chi connectivity index (χ1v) is 7.54. The fraction of sp³-hybridized carbons (Fsp3) is 0.357. The second-order valence-corrected chi connectivity index (χ2v) is 6.43. The fourth-order valence-electron chi connectivity index (χ4n) is 1.71. The average Bonchev–Trinajstić information content (AvgIpc) is 2.36. The maximum Gasteiger partial charge on any atom is 0.309 e. The van der Waals surface area contributed by atoms with Crippen molar-refractivity contribution >= 4 is 15.8 Å². The molecule has 5 heteroatoms. The van der Waals surface area contributed by atoms with Crippen LogP contribution in [0.4, 0.5) is 0 Å². The lowest BCUT2D eigenvalue weighted by molar-refractivity contribution is -0.144. The van der Waals surface area contributed by atoms with E-state index in [1.807, 2.05) is 0 Å². The van der Waals surface area contributed by atoms with E-state index in [1.54, 1.807) is 24.3 Å². The molecule has 0 bridgehead atoms. The van der Waals surface area contributed by atoms with Crippen LogP contribution >= 0.6 is 0 Å². The highest BCUT2D eigenvalue weighted by atomic mass is 32.2. The summed E-state index contributed by atoms with van der Waals surface area (Å²) in [5.74, 6) is 0.879. The van der Waals surface area contributed by atoms with Gasteiger partial charge in [-0.25, -0.2) is 8.42 Å². The molecule has 0 heterocycles. The van der Waals surface area contributed by atoms with Gasteiger partial charge in [-0.3, -0.25) is 4.79 Å². The molecule has 1 aromatic carbocycles. The SMILES string of the molecule is C#Cc1cccc(CS(=O)(=O)CC(C)C(=O)OC)c1. The number of methoxy groups -OCH3 is 1. The van der Waals surface area contributed by atoms with Crippen LogP contribution in [0.25, 0.3) is 0 Å². The van der Waals surface area contributed by atoms with Gasteiger partial charge in [-0.15, -0.1) is 6.42 Å². The Hall–Kier alpha value is -1.80. The summed E-state index contributed by atoms with van der Waals surface area (Å²) in [4.78, 5) is 11.2. The van der Waals surface area contributed by atoms with Crippen molar-refractivity contribution in [1.29, 1.82) is 0 Å². The Labute approximate surface area is 113 Å². The minimum Gasteiger partial charge on any atom is -0.469 e. The van der Waals surface area contributed by atoms with E-state index in [0.717, 1.165) is 0 Å². The molecule has 19 heavy (non-hydrogen) atoms. The van der Waals surface area contributed by atoms with E-state index in [4.69, 9.17) is 6.42 Å². The lowest BCUT2D eigenvalue weighted by Gasteiger charge is -2.10. The first kappa shape index (κ1) is 15.3. The smallest absolute Gasteiger partial charge is 0.309 e. The zero-order chi connectivity index (χ0) is 14.5. The zero-order valence-corrected chi connectivity index (χ0v) is 11.7. The van der Waals surface area contributed by atoms with Gasteiger partial charge in [0.05, 0.1) is 24.5 Å². The molecule has 1 atom stereocenters. The van der Waals surface area contributed by atoms with Gasteiger partial charge in [-0.2, -0.15) is 0 Å². The second-order valence-electron chi connectivity index (χ2n) is 4.32. The zero-order valence-electron chi connectivity index (χ0n) is 10.9. The van der Waals surface area contributed by atoms with Crippen molar-refractivity contribution in [3.05, 3.63) is 35.4 Å². The van der Waals surface area contributed by atoms with Crippen molar-refractivity contribution in [3.63, 3.8) is 0 Å². The van der Waals surface area contributed by atoms with Crippen molar-refractivity contribution < 1.29 is 17.9 Å². The number of benzene rings is 1. The van der Waals surface area contributed by atoms with Crippen LogP contribution in [-0.4, -0.2) is 27.2 Å². The molecule has 0 radical (unpaired) electrons. The number of carbonyl (C=O) groups excluding carboxylic acids is 1. The summed E-state index contributed by atoms with van der Waals surface area (Å²) >= 11 is 0. The van der Waals surface area contributed by atoms with Crippen molar-refractivity contribution in [1.82, 2.24) is 0 Å². The Balaban J connectivity index is 2.80. The van der Waals surface area contributed by atoms with Crippen molar-refractivity contribution in [2.24, 2.45) is 5.92 Å². The third-order valence-corrected chi connectivity index (χ3v) is 4.37. The van der Waals surface area contributed by atoms with Crippen LogP contribution in [0.3, 0.4) is 0 Å². The number of esters is 1. The van der Waals surface area contributed by atoms with E-state index in [1.165, 1.54) is 14.0 Å². The normalized spacial score (nSPS) is 12.5. The number of sulfone groups is 1. The van der Waals surface area contributed by atoms with E-state index in [9.17, 15) is 13.2 Å². The molecular formula is C14H16O4S. The maximum absolute atomic E-state index is 12.0. The molecule has 0 aliphatic heterocycles. The molecule has 102 valence electrons. The number of terminal acetylenes is 1. The number of ether oxygens (including phenoxy) is 1. The molecular weight excluding hydrogens is 264 g/mol. The van der Waals surface area contributed by atoms with Gasteiger partial charge < -0.3 is 4.74 Å². The highest BCUT2D eigenvalue weighted by molar-refractivity contribution is 7.90. The minimum absolute atomic E-state index is 0.135. The van der Waals surface area contributed by atoms with Gasteiger partial charge in [-0.1, -0.05) is 25.0 Å². The first-order chi connectivity index (χ1) is 8.88. The molecule has 1 rings (SSSR count). The van der Waals surface area contributed by atoms with Gasteiger partial charge in [0.1, 0.15) is 0 Å². The number of hydrogen-bond donors (Lipinski definition) is 0. The van der Waals surface area contributed by atoms with Crippen LogP contribution in [0.5, 0.6) is 0 Å². The summed E-state index contributed by atoms with van der Waals surface area (Å²) < 4.78 is 28.5. The molecule has 0 spiro atoms. The molecule has 0 aliphatic rings. The molecule has 0 aromatic heterocycles. The lowest BCUT2D eigenvalue weighted by Crippen LogP contribution is -2.23. The second kappa shape index (κ2) is 6.39. The predicted octanol–water partition coefficient (Wildman–Crippen LogP) is 1.39. The van der Waals surface area contributed by atoms with Crippen LogP contribution in [-0.2, 0) is 25.1 Å². The molecule has 0 amide bonds. The number of carbonyl (C=O) groups is 1. The average molecular weight is 280 g/mol. The molecule has 1 unspecified atom stereocenters. The summed E-state index contributed by atoms with van der Waals surface area (Å²) in [6.45, 7) is 1.53. The highest BCUT2D eigenvalue weighted by Crippen LogP contribution is 2.12. The van der Waals surface area contributed by atoms with Gasteiger partial charge in [0.15, 0.2) is 9.84 Å². The highest BCUT2D eigenvalue weighted by Gasteiger charge is 2.22. The molecule has 0 saturated heterocycles. The van der Waals surface area contributed by atoms with Crippen LogP contribution in [0, 0.1) is 18.3 Å². The summed E-state index contributed by atoms with van der Waals surface area (Å²) in [5.41, 5.74) is 1.25. The van der Waals surface area contributed by atoms with E-state index in [0.29, 0.717) is 11.1 Å². The Morgan fingerprint density at radius 2 is 2.16 bits per heavy atom.